The minimum atomic E-state index is -0.200. The number of nitrogens with zero attached hydrogens (tertiary/aromatic N) is 4. The van der Waals surface area contributed by atoms with E-state index in [1.54, 1.807) is 18.9 Å². The largest absolute Gasteiger partial charge is 0.489 e. The van der Waals surface area contributed by atoms with Gasteiger partial charge in [-0.25, -0.2) is 0 Å². The summed E-state index contributed by atoms with van der Waals surface area (Å²) in [5.41, 5.74) is 6.38. The average molecular weight is 411 g/mol. The van der Waals surface area contributed by atoms with Crippen molar-refractivity contribution in [2.75, 3.05) is 7.05 Å². The van der Waals surface area contributed by atoms with Gasteiger partial charge in [0.15, 0.2) is 5.69 Å². The maximum absolute atomic E-state index is 13.1. The number of hydrogen-bond donors (Lipinski definition) is 0. The van der Waals surface area contributed by atoms with Crippen molar-refractivity contribution in [2.24, 2.45) is 0 Å². The van der Waals surface area contributed by atoms with E-state index >= 15 is 0 Å². The number of hydrogen-bond acceptors (Lipinski definition) is 5. The van der Waals surface area contributed by atoms with E-state index in [-0.39, 0.29) is 18.2 Å². The van der Waals surface area contributed by atoms with Crippen LogP contribution in [0, 0.1) is 34.6 Å². The Morgan fingerprint density at radius 2 is 1.87 bits per heavy atom. The molecule has 0 spiro atoms. The zero-order chi connectivity index (χ0) is 22.0. The first-order valence-corrected chi connectivity index (χ1v) is 10.2. The van der Waals surface area contributed by atoms with Crippen LogP contribution < -0.4 is 4.74 Å². The number of aromatic nitrogens is 3. The maximum atomic E-state index is 13.1. The highest BCUT2D eigenvalue weighted by molar-refractivity contribution is 5.93. The molecule has 0 saturated heterocycles. The fourth-order valence-corrected chi connectivity index (χ4v) is 3.45. The molecule has 160 valence electrons. The Labute approximate surface area is 177 Å². The van der Waals surface area contributed by atoms with Crippen molar-refractivity contribution in [2.45, 2.75) is 61.2 Å². The summed E-state index contributed by atoms with van der Waals surface area (Å²) < 4.78 is 13.2. The van der Waals surface area contributed by atoms with Crippen LogP contribution in [-0.4, -0.2) is 32.8 Å². The van der Waals surface area contributed by atoms with Crippen molar-refractivity contribution >= 4 is 5.91 Å². The van der Waals surface area contributed by atoms with Gasteiger partial charge >= 0.3 is 0 Å². The molecular weight excluding hydrogens is 380 g/mol. The molecule has 7 heteroatoms. The third-order valence-corrected chi connectivity index (χ3v) is 5.62. The van der Waals surface area contributed by atoms with Crippen LogP contribution in [0.1, 0.15) is 56.8 Å². The number of carbonyl (C=O) groups excluding carboxylic acids is 1. The quantitative estimate of drug-likeness (QED) is 0.581. The summed E-state index contributed by atoms with van der Waals surface area (Å²) in [6, 6.07) is 5.94. The Hall–Kier alpha value is -3.09. The molecule has 2 aromatic heterocycles. The molecule has 0 atom stereocenters. The van der Waals surface area contributed by atoms with Crippen LogP contribution in [-0.2, 0) is 19.7 Å². The molecule has 2 heterocycles. The standard InChI is InChI=1S/C23H30N4O3/c1-8-27-17(5)20(16(4)24-27)12-26(7)23(28)22-21(18(6)30-25-22)13-29-19-10-9-14(2)15(3)11-19/h9-11H,8,12-13H2,1-7H3. The first-order chi connectivity index (χ1) is 14.2. The van der Waals surface area contributed by atoms with Crippen LogP contribution in [0.5, 0.6) is 5.75 Å². The fraction of sp³-hybridized carbons (Fsp3) is 0.435. The third-order valence-electron chi connectivity index (χ3n) is 5.62. The normalized spacial score (nSPS) is 11.0. The molecule has 1 amide bonds. The molecule has 7 nitrogen and oxygen atoms in total. The molecular formula is C23H30N4O3. The molecule has 1 aromatic carbocycles. The van der Waals surface area contributed by atoms with Crippen LogP contribution in [0.3, 0.4) is 0 Å². The van der Waals surface area contributed by atoms with E-state index < -0.39 is 0 Å². The summed E-state index contributed by atoms with van der Waals surface area (Å²) in [6.45, 7) is 13.4. The van der Waals surface area contributed by atoms with Gasteiger partial charge in [-0.1, -0.05) is 11.2 Å². The number of ether oxygens (including phenoxy) is 1. The summed E-state index contributed by atoms with van der Waals surface area (Å²) in [5, 5.41) is 8.56. The van der Waals surface area contributed by atoms with Gasteiger partial charge in [0.1, 0.15) is 18.1 Å². The van der Waals surface area contributed by atoms with Crippen molar-refractivity contribution in [3.05, 3.63) is 63.3 Å². The third kappa shape index (κ3) is 4.25. The minimum absolute atomic E-state index is 0.200. The second-order valence-electron chi connectivity index (χ2n) is 7.73. The van der Waals surface area contributed by atoms with Crippen LogP contribution in [0.4, 0.5) is 0 Å². The Morgan fingerprint density at radius 1 is 1.13 bits per heavy atom. The Kier molecular flexibility index (Phi) is 6.29. The van der Waals surface area contributed by atoms with Crippen molar-refractivity contribution in [1.82, 2.24) is 19.8 Å². The number of rotatable bonds is 7. The smallest absolute Gasteiger partial charge is 0.276 e. The molecule has 0 aliphatic carbocycles. The Bertz CT molecular complexity index is 1060. The highest BCUT2D eigenvalue weighted by Crippen LogP contribution is 2.22. The number of aryl methyl sites for hydroxylation is 5. The van der Waals surface area contributed by atoms with E-state index in [0.717, 1.165) is 34.8 Å². The SMILES string of the molecule is CCn1nc(C)c(CN(C)C(=O)c2noc(C)c2COc2ccc(C)c(C)c2)c1C. The van der Waals surface area contributed by atoms with Gasteiger partial charge < -0.3 is 14.2 Å². The molecule has 0 bridgehead atoms. The van der Waals surface area contributed by atoms with E-state index in [1.807, 2.05) is 43.7 Å². The van der Waals surface area contributed by atoms with E-state index in [0.29, 0.717) is 17.9 Å². The van der Waals surface area contributed by atoms with Crippen LogP contribution in [0.15, 0.2) is 22.7 Å². The first kappa shape index (κ1) is 21.6. The van der Waals surface area contributed by atoms with E-state index in [9.17, 15) is 4.79 Å². The van der Waals surface area contributed by atoms with Gasteiger partial charge in [-0.3, -0.25) is 9.48 Å². The van der Waals surface area contributed by atoms with Gasteiger partial charge in [0.25, 0.3) is 5.91 Å². The lowest BCUT2D eigenvalue weighted by atomic mass is 10.1. The average Bonchev–Trinajstić information content (AvgIpc) is 3.22. The second-order valence-corrected chi connectivity index (χ2v) is 7.73. The Morgan fingerprint density at radius 3 is 2.50 bits per heavy atom. The predicted molar refractivity (Wildman–Crippen MR) is 115 cm³/mol. The fourth-order valence-electron chi connectivity index (χ4n) is 3.45. The molecule has 0 aliphatic heterocycles. The lowest BCUT2D eigenvalue weighted by Gasteiger charge is -2.17. The molecule has 30 heavy (non-hydrogen) atoms. The van der Waals surface area contributed by atoms with Crippen molar-refractivity contribution in [3.63, 3.8) is 0 Å². The zero-order valence-electron chi connectivity index (χ0n) is 18.9. The summed E-state index contributed by atoms with van der Waals surface area (Å²) in [5.74, 6) is 1.14. The number of amides is 1. The van der Waals surface area contributed by atoms with E-state index in [2.05, 4.69) is 24.1 Å². The van der Waals surface area contributed by atoms with Crippen molar-refractivity contribution < 1.29 is 14.1 Å². The monoisotopic (exact) mass is 410 g/mol. The lowest BCUT2D eigenvalue weighted by Crippen LogP contribution is -2.28. The van der Waals surface area contributed by atoms with Crippen LogP contribution in [0.2, 0.25) is 0 Å². The topological polar surface area (TPSA) is 73.4 Å². The molecule has 0 unspecified atom stereocenters. The molecule has 0 saturated carbocycles. The minimum Gasteiger partial charge on any atom is -0.489 e. The van der Waals surface area contributed by atoms with Crippen molar-refractivity contribution in [1.29, 1.82) is 0 Å². The van der Waals surface area contributed by atoms with E-state index in [1.165, 1.54) is 5.56 Å². The Balaban J connectivity index is 1.76. The van der Waals surface area contributed by atoms with Gasteiger partial charge in [-0.05, 0) is 64.8 Å². The van der Waals surface area contributed by atoms with Gasteiger partial charge in [-0.15, -0.1) is 0 Å². The predicted octanol–water partition coefficient (Wildman–Crippen LogP) is 4.28. The highest BCUT2D eigenvalue weighted by atomic mass is 16.5. The van der Waals surface area contributed by atoms with Gasteiger partial charge in [0, 0.05) is 31.4 Å². The molecule has 0 radical (unpaired) electrons. The molecule has 3 aromatic rings. The van der Waals surface area contributed by atoms with E-state index in [4.69, 9.17) is 9.26 Å². The van der Waals surface area contributed by atoms with Gasteiger partial charge in [0.05, 0.1) is 11.3 Å². The molecule has 3 rings (SSSR count). The maximum Gasteiger partial charge on any atom is 0.276 e. The summed E-state index contributed by atoms with van der Waals surface area (Å²) >= 11 is 0. The van der Waals surface area contributed by atoms with Crippen molar-refractivity contribution in [3.8, 4) is 5.75 Å². The second kappa shape index (κ2) is 8.73. The lowest BCUT2D eigenvalue weighted by molar-refractivity contribution is 0.0772. The summed E-state index contributed by atoms with van der Waals surface area (Å²) in [4.78, 5) is 14.8. The molecule has 0 fully saturated rings. The van der Waals surface area contributed by atoms with Gasteiger partial charge in [-0.2, -0.15) is 5.10 Å². The van der Waals surface area contributed by atoms with Crippen LogP contribution >= 0.6 is 0 Å². The molecule has 0 aliphatic rings. The first-order valence-electron chi connectivity index (χ1n) is 10.2. The van der Waals surface area contributed by atoms with Crippen LogP contribution in [0.25, 0.3) is 0 Å². The molecule has 0 N–H and O–H groups in total. The highest BCUT2D eigenvalue weighted by Gasteiger charge is 2.25. The number of benzene rings is 1. The summed E-state index contributed by atoms with van der Waals surface area (Å²) in [6.07, 6.45) is 0. The zero-order valence-corrected chi connectivity index (χ0v) is 18.9. The summed E-state index contributed by atoms with van der Waals surface area (Å²) in [7, 11) is 1.77. The van der Waals surface area contributed by atoms with Gasteiger partial charge in [0.2, 0.25) is 0 Å². The number of carbonyl (C=O) groups is 1.